The van der Waals surface area contributed by atoms with Crippen molar-refractivity contribution in [2.45, 2.75) is 6.92 Å². The SMILES string of the molecule is CC(=O)Oc1ccc2c(c1)=C1C=CN=C1N=2.Cl. The van der Waals surface area contributed by atoms with E-state index < -0.39 is 0 Å². The van der Waals surface area contributed by atoms with Crippen LogP contribution in [0, 0.1) is 0 Å². The molecule has 0 bridgehead atoms. The summed E-state index contributed by atoms with van der Waals surface area (Å²) >= 11 is 0. The summed E-state index contributed by atoms with van der Waals surface area (Å²) in [5, 5.41) is 1.83. The van der Waals surface area contributed by atoms with Crippen LogP contribution in [-0.2, 0) is 4.79 Å². The third kappa shape index (κ3) is 1.87. The Kier molecular flexibility index (Phi) is 2.81. The molecule has 0 amide bonds. The molecule has 1 aromatic rings. The number of hydrogen-bond donors (Lipinski definition) is 0. The van der Waals surface area contributed by atoms with E-state index in [0.29, 0.717) is 5.75 Å². The molecule has 3 rings (SSSR count). The molecule has 2 heterocycles. The first kappa shape index (κ1) is 11.5. The van der Waals surface area contributed by atoms with Crippen molar-refractivity contribution >= 4 is 29.8 Å². The molecular weight excluding hydrogens is 240 g/mol. The predicted octanol–water partition coefficient (Wildman–Crippen LogP) is 0.743. The maximum Gasteiger partial charge on any atom is 0.308 e. The van der Waals surface area contributed by atoms with E-state index in [1.165, 1.54) is 6.92 Å². The maximum atomic E-state index is 10.9. The van der Waals surface area contributed by atoms with E-state index in [1.54, 1.807) is 12.3 Å². The van der Waals surface area contributed by atoms with Crippen molar-refractivity contribution < 1.29 is 9.53 Å². The summed E-state index contributed by atoms with van der Waals surface area (Å²) in [6, 6.07) is 5.37. The van der Waals surface area contributed by atoms with Gasteiger partial charge in [-0.1, -0.05) is 0 Å². The Labute approximate surface area is 103 Å². The highest BCUT2D eigenvalue weighted by Crippen LogP contribution is 2.13. The highest BCUT2D eigenvalue weighted by molar-refractivity contribution is 6.24. The van der Waals surface area contributed by atoms with E-state index in [0.717, 1.165) is 22.0 Å². The summed E-state index contributed by atoms with van der Waals surface area (Å²) in [6.07, 6.45) is 3.62. The molecule has 0 aromatic heterocycles. The van der Waals surface area contributed by atoms with E-state index >= 15 is 0 Å². The summed E-state index contributed by atoms with van der Waals surface area (Å²) in [6.45, 7) is 1.38. The minimum atomic E-state index is -0.323. The van der Waals surface area contributed by atoms with Gasteiger partial charge in [-0.2, -0.15) is 0 Å². The molecule has 86 valence electrons. The topological polar surface area (TPSA) is 51.0 Å². The van der Waals surface area contributed by atoms with Crippen LogP contribution in [0.15, 0.2) is 40.5 Å². The zero-order valence-corrected chi connectivity index (χ0v) is 9.82. The van der Waals surface area contributed by atoms with Crippen molar-refractivity contribution in [1.29, 1.82) is 0 Å². The second-order valence-corrected chi connectivity index (χ2v) is 3.57. The molecule has 2 aliphatic heterocycles. The molecule has 0 radical (unpaired) electrons. The number of amidine groups is 1. The summed E-state index contributed by atoms with van der Waals surface area (Å²) in [4.78, 5) is 19.3. The molecule has 0 saturated carbocycles. The Morgan fingerprint density at radius 1 is 1.35 bits per heavy atom. The second kappa shape index (κ2) is 4.14. The molecule has 0 unspecified atom stereocenters. The quantitative estimate of drug-likeness (QED) is 0.544. The number of nitrogens with zero attached hydrogens (tertiary/aromatic N) is 2. The molecule has 0 aliphatic carbocycles. The van der Waals surface area contributed by atoms with Crippen LogP contribution >= 0.6 is 12.4 Å². The van der Waals surface area contributed by atoms with E-state index in [1.807, 2.05) is 18.2 Å². The summed E-state index contributed by atoms with van der Waals surface area (Å²) in [5.41, 5.74) is 0.990. The highest BCUT2D eigenvalue weighted by atomic mass is 35.5. The average molecular weight is 249 g/mol. The summed E-state index contributed by atoms with van der Waals surface area (Å²) in [5.74, 6) is 0.946. The van der Waals surface area contributed by atoms with Gasteiger partial charge in [0.2, 0.25) is 0 Å². The first-order chi connectivity index (χ1) is 7.74. The molecule has 17 heavy (non-hydrogen) atoms. The van der Waals surface area contributed by atoms with Crippen molar-refractivity contribution in [1.82, 2.24) is 0 Å². The maximum absolute atomic E-state index is 10.9. The van der Waals surface area contributed by atoms with E-state index in [4.69, 9.17) is 4.74 Å². The molecule has 2 aliphatic rings. The van der Waals surface area contributed by atoms with Gasteiger partial charge in [0, 0.05) is 23.9 Å². The van der Waals surface area contributed by atoms with Crippen LogP contribution < -0.4 is 15.3 Å². The molecule has 0 N–H and O–H groups in total. The number of rotatable bonds is 1. The van der Waals surface area contributed by atoms with Crippen LogP contribution in [0.1, 0.15) is 6.92 Å². The Morgan fingerprint density at radius 3 is 2.94 bits per heavy atom. The lowest BCUT2D eigenvalue weighted by Crippen LogP contribution is -2.22. The highest BCUT2D eigenvalue weighted by Gasteiger charge is 2.15. The Balaban J connectivity index is 0.00000108. The van der Waals surface area contributed by atoms with Gasteiger partial charge in [0.25, 0.3) is 0 Å². The van der Waals surface area contributed by atoms with Gasteiger partial charge in [-0.15, -0.1) is 12.4 Å². The van der Waals surface area contributed by atoms with Crippen LogP contribution in [0.5, 0.6) is 5.75 Å². The Bertz CT molecular complexity index is 674. The van der Waals surface area contributed by atoms with Gasteiger partial charge in [0.15, 0.2) is 5.84 Å². The zero-order valence-electron chi connectivity index (χ0n) is 9.01. The molecule has 1 aromatic carbocycles. The third-order valence-electron chi connectivity index (χ3n) is 2.43. The third-order valence-corrected chi connectivity index (χ3v) is 2.43. The fraction of sp³-hybridized carbons (Fsp3) is 0.0833. The molecule has 0 atom stereocenters. The van der Waals surface area contributed by atoms with Gasteiger partial charge < -0.3 is 4.74 Å². The number of halogens is 1. The molecular formula is C12H9ClN2O2. The van der Waals surface area contributed by atoms with E-state index in [2.05, 4.69) is 9.98 Å². The van der Waals surface area contributed by atoms with Gasteiger partial charge in [0.1, 0.15) is 5.75 Å². The first-order valence-electron chi connectivity index (χ1n) is 4.90. The predicted molar refractivity (Wildman–Crippen MR) is 65.8 cm³/mol. The standard InChI is InChI=1S/C12H8N2O2.ClH/c1-7(15)16-8-2-3-11-10(6-8)9-4-5-13-12(9)14-11;/h2-6H,1H3;1H. The van der Waals surface area contributed by atoms with Gasteiger partial charge in [-0.25, -0.2) is 9.98 Å². The van der Waals surface area contributed by atoms with Crippen LogP contribution in [0.3, 0.4) is 0 Å². The Hall–Kier alpha value is -1.94. The van der Waals surface area contributed by atoms with Crippen molar-refractivity contribution in [3.8, 4) is 5.75 Å². The lowest BCUT2D eigenvalue weighted by atomic mass is 10.2. The number of fused-ring (bicyclic) bond motifs is 2. The van der Waals surface area contributed by atoms with Crippen molar-refractivity contribution in [2.75, 3.05) is 0 Å². The lowest BCUT2D eigenvalue weighted by molar-refractivity contribution is -0.131. The van der Waals surface area contributed by atoms with Gasteiger partial charge >= 0.3 is 5.97 Å². The first-order valence-corrected chi connectivity index (χ1v) is 4.90. The second-order valence-electron chi connectivity index (χ2n) is 3.57. The fourth-order valence-electron chi connectivity index (χ4n) is 1.80. The van der Waals surface area contributed by atoms with Gasteiger partial charge in [-0.3, -0.25) is 4.79 Å². The summed E-state index contributed by atoms with van der Waals surface area (Å²) in [7, 11) is 0. The van der Waals surface area contributed by atoms with Crippen LogP contribution in [-0.4, -0.2) is 11.8 Å². The van der Waals surface area contributed by atoms with Crippen LogP contribution in [0.25, 0.3) is 5.57 Å². The number of aliphatic imine (C=N–C) groups is 1. The van der Waals surface area contributed by atoms with Crippen LogP contribution in [0.2, 0.25) is 0 Å². The van der Waals surface area contributed by atoms with Crippen molar-refractivity contribution in [2.24, 2.45) is 9.98 Å². The molecule has 0 fully saturated rings. The number of carbonyl (C=O) groups is 1. The summed E-state index contributed by atoms with van der Waals surface area (Å²) < 4.78 is 5.03. The largest absolute Gasteiger partial charge is 0.427 e. The number of esters is 1. The van der Waals surface area contributed by atoms with Gasteiger partial charge in [0.05, 0.1) is 5.36 Å². The monoisotopic (exact) mass is 248 g/mol. The molecule has 5 heteroatoms. The fourth-order valence-corrected chi connectivity index (χ4v) is 1.80. The minimum Gasteiger partial charge on any atom is -0.427 e. The normalized spacial score (nSPS) is 14.4. The minimum absolute atomic E-state index is 0. The van der Waals surface area contributed by atoms with Gasteiger partial charge in [-0.05, 0) is 24.3 Å². The van der Waals surface area contributed by atoms with Crippen LogP contribution in [0.4, 0.5) is 0 Å². The Morgan fingerprint density at radius 2 is 2.18 bits per heavy atom. The van der Waals surface area contributed by atoms with Crippen molar-refractivity contribution in [3.63, 3.8) is 0 Å². The number of benzene rings is 1. The van der Waals surface area contributed by atoms with Crippen molar-refractivity contribution in [3.05, 3.63) is 41.1 Å². The zero-order chi connectivity index (χ0) is 11.1. The molecule has 0 saturated heterocycles. The smallest absolute Gasteiger partial charge is 0.308 e. The lowest BCUT2D eigenvalue weighted by Gasteiger charge is -1.99. The number of ether oxygens (including phenoxy) is 1. The molecule has 4 nitrogen and oxygen atoms in total. The average Bonchev–Trinajstić information content (AvgIpc) is 2.77. The number of carbonyl (C=O) groups excluding carboxylic acids is 1. The number of hydrogen-bond acceptors (Lipinski definition) is 4. The van der Waals surface area contributed by atoms with E-state index in [9.17, 15) is 4.79 Å². The van der Waals surface area contributed by atoms with E-state index in [-0.39, 0.29) is 18.4 Å². The molecule has 0 spiro atoms.